The lowest BCUT2D eigenvalue weighted by Gasteiger charge is -2.06. The standard InChI is InChI=1S/C10H11N7.ClH/c1-6(12)9-14-7(2)16-17(9)10-13-4-3-8(5-11)15-10;/h3-4,6H,12H2,1-2H3;1H/t6-;/m0./s1. The molecule has 0 unspecified atom stereocenters. The molecule has 0 aliphatic carbocycles. The van der Waals surface area contributed by atoms with Crippen molar-refractivity contribution in [3.05, 3.63) is 29.6 Å². The zero-order valence-corrected chi connectivity index (χ0v) is 10.7. The van der Waals surface area contributed by atoms with Crippen LogP contribution in [0.25, 0.3) is 5.95 Å². The molecule has 18 heavy (non-hydrogen) atoms. The Kier molecular flexibility index (Phi) is 4.31. The van der Waals surface area contributed by atoms with Gasteiger partial charge < -0.3 is 5.73 Å². The Bertz CT molecular complexity index is 584. The van der Waals surface area contributed by atoms with Gasteiger partial charge in [-0.3, -0.25) is 0 Å². The predicted octanol–water partition coefficient (Wildman–Crippen LogP) is 0.679. The van der Waals surface area contributed by atoms with E-state index in [1.807, 2.05) is 6.07 Å². The van der Waals surface area contributed by atoms with E-state index in [1.165, 1.54) is 16.9 Å². The maximum atomic E-state index is 8.78. The van der Waals surface area contributed by atoms with Crippen LogP contribution < -0.4 is 5.73 Å². The lowest BCUT2D eigenvalue weighted by molar-refractivity contribution is 0.668. The second-order valence-corrected chi connectivity index (χ2v) is 3.57. The largest absolute Gasteiger partial charge is 0.322 e. The van der Waals surface area contributed by atoms with Gasteiger partial charge in [-0.05, 0) is 19.9 Å². The number of aromatic nitrogens is 5. The maximum absolute atomic E-state index is 8.78. The number of nitriles is 1. The van der Waals surface area contributed by atoms with Crippen molar-refractivity contribution in [1.29, 1.82) is 5.26 Å². The third kappa shape index (κ3) is 2.61. The number of hydrogen-bond acceptors (Lipinski definition) is 6. The van der Waals surface area contributed by atoms with E-state index in [2.05, 4.69) is 20.1 Å². The summed E-state index contributed by atoms with van der Waals surface area (Å²) in [4.78, 5) is 12.3. The number of nitrogens with zero attached hydrogens (tertiary/aromatic N) is 6. The highest BCUT2D eigenvalue weighted by Gasteiger charge is 2.15. The van der Waals surface area contributed by atoms with E-state index in [1.54, 1.807) is 13.8 Å². The van der Waals surface area contributed by atoms with Gasteiger partial charge >= 0.3 is 0 Å². The van der Waals surface area contributed by atoms with Gasteiger partial charge in [0.2, 0.25) is 0 Å². The molecule has 0 fully saturated rings. The van der Waals surface area contributed by atoms with Crippen molar-refractivity contribution in [3.8, 4) is 12.0 Å². The molecule has 0 bridgehead atoms. The van der Waals surface area contributed by atoms with E-state index in [4.69, 9.17) is 11.0 Å². The van der Waals surface area contributed by atoms with Gasteiger partial charge in [0.25, 0.3) is 5.95 Å². The zero-order valence-electron chi connectivity index (χ0n) is 9.90. The molecular formula is C10H12ClN7. The van der Waals surface area contributed by atoms with Crippen molar-refractivity contribution in [2.45, 2.75) is 19.9 Å². The van der Waals surface area contributed by atoms with Gasteiger partial charge in [0.1, 0.15) is 17.6 Å². The summed E-state index contributed by atoms with van der Waals surface area (Å²) in [5.74, 6) is 1.46. The molecule has 7 nitrogen and oxygen atoms in total. The SMILES string of the molecule is Cc1nc([C@H](C)N)n(-c2nccc(C#N)n2)n1.Cl. The first-order valence-electron chi connectivity index (χ1n) is 5.04. The molecule has 0 saturated carbocycles. The molecule has 1 atom stereocenters. The average molecular weight is 266 g/mol. The van der Waals surface area contributed by atoms with Gasteiger partial charge in [-0.25, -0.2) is 15.0 Å². The van der Waals surface area contributed by atoms with Gasteiger partial charge in [0.05, 0.1) is 6.04 Å². The molecule has 2 aromatic heterocycles. The number of rotatable bonds is 2. The molecule has 0 saturated heterocycles. The van der Waals surface area contributed by atoms with Crippen LogP contribution >= 0.6 is 12.4 Å². The van der Waals surface area contributed by atoms with Crippen LogP contribution in [0.4, 0.5) is 0 Å². The predicted molar refractivity (Wildman–Crippen MR) is 66.3 cm³/mol. The summed E-state index contributed by atoms with van der Waals surface area (Å²) in [7, 11) is 0. The van der Waals surface area contributed by atoms with Gasteiger partial charge in [-0.1, -0.05) is 0 Å². The molecule has 2 heterocycles. The van der Waals surface area contributed by atoms with Crippen molar-refractivity contribution in [2.75, 3.05) is 0 Å². The van der Waals surface area contributed by atoms with Gasteiger partial charge in [-0.2, -0.15) is 9.94 Å². The number of aryl methyl sites for hydroxylation is 1. The first kappa shape index (κ1) is 14.0. The summed E-state index contributed by atoms with van der Waals surface area (Å²) in [5, 5.41) is 13.0. The summed E-state index contributed by atoms with van der Waals surface area (Å²) in [6.07, 6.45) is 1.50. The minimum Gasteiger partial charge on any atom is -0.322 e. The van der Waals surface area contributed by atoms with Crippen LogP contribution in [0.15, 0.2) is 12.3 Å². The fourth-order valence-electron chi connectivity index (χ4n) is 1.39. The van der Waals surface area contributed by atoms with Crippen LogP contribution in [0.2, 0.25) is 0 Å². The summed E-state index contributed by atoms with van der Waals surface area (Å²) >= 11 is 0. The lowest BCUT2D eigenvalue weighted by atomic mass is 10.3. The topological polar surface area (TPSA) is 106 Å². The van der Waals surface area contributed by atoms with Gasteiger partial charge in [-0.15, -0.1) is 17.5 Å². The van der Waals surface area contributed by atoms with Gasteiger partial charge in [0.15, 0.2) is 5.82 Å². The van der Waals surface area contributed by atoms with Crippen LogP contribution in [-0.2, 0) is 0 Å². The number of halogens is 1. The van der Waals surface area contributed by atoms with Crippen molar-refractivity contribution in [1.82, 2.24) is 24.7 Å². The van der Waals surface area contributed by atoms with Crippen molar-refractivity contribution in [3.63, 3.8) is 0 Å². The highest BCUT2D eigenvalue weighted by Crippen LogP contribution is 2.11. The Morgan fingerprint density at radius 3 is 2.78 bits per heavy atom. The molecule has 0 amide bonds. The van der Waals surface area contributed by atoms with Crippen molar-refractivity contribution in [2.24, 2.45) is 5.73 Å². The van der Waals surface area contributed by atoms with E-state index in [-0.39, 0.29) is 24.1 Å². The highest BCUT2D eigenvalue weighted by atomic mass is 35.5. The second kappa shape index (κ2) is 5.53. The highest BCUT2D eigenvalue weighted by molar-refractivity contribution is 5.85. The fraction of sp³-hybridized carbons (Fsp3) is 0.300. The Morgan fingerprint density at radius 1 is 1.44 bits per heavy atom. The Hall–Kier alpha value is -2.04. The molecule has 0 aromatic carbocycles. The third-order valence-corrected chi connectivity index (χ3v) is 2.09. The maximum Gasteiger partial charge on any atom is 0.253 e. The molecule has 2 aromatic rings. The molecule has 0 aliphatic rings. The summed E-state index contributed by atoms with van der Waals surface area (Å²) < 4.78 is 1.46. The average Bonchev–Trinajstić information content (AvgIpc) is 2.72. The van der Waals surface area contributed by atoms with E-state index in [9.17, 15) is 0 Å². The molecule has 0 radical (unpaired) electrons. The van der Waals surface area contributed by atoms with Crippen LogP contribution in [0, 0.1) is 18.3 Å². The number of hydrogen-bond donors (Lipinski definition) is 1. The Balaban J connectivity index is 0.00000162. The monoisotopic (exact) mass is 265 g/mol. The molecule has 94 valence electrons. The molecule has 0 spiro atoms. The van der Waals surface area contributed by atoms with Crippen LogP contribution in [0.3, 0.4) is 0 Å². The van der Waals surface area contributed by atoms with Gasteiger partial charge in [0, 0.05) is 6.20 Å². The van der Waals surface area contributed by atoms with Crippen molar-refractivity contribution >= 4 is 12.4 Å². The fourth-order valence-corrected chi connectivity index (χ4v) is 1.39. The second-order valence-electron chi connectivity index (χ2n) is 3.57. The Morgan fingerprint density at radius 2 is 2.17 bits per heavy atom. The molecular weight excluding hydrogens is 254 g/mol. The zero-order chi connectivity index (χ0) is 12.4. The first-order chi connectivity index (χ1) is 8.11. The van der Waals surface area contributed by atoms with Crippen LogP contribution in [-0.4, -0.2) is 24.7 Å². The Labute approximate surface area is 110 Å². The van der Waals surface area contributed by atoms with Crippen LogP contribution in [0.1, 0.15) is 30.3 Å². The first-order valence-corrected chi connectivity index (χ1v) is 5.04. The van der Waals surface area contributed by atoms with E-state index >= 15 is 0 Å². The van der Waals surface area contributed by atoms with E-state index < -0.39 is 0 Å². The molecule has 8 heteroatoms. The minimum absolute atomic E-state index is 0. The lowest BCUT2D eigenvalue weighted by Crippen LogP contribution is -2.15. The molecule has 2 N–H and O–H groups in total. The minimum atomic E-state index is -0.287. The summed E-state index contributed by atoms with van der Waals surface area (Å²) in [6, 6.07) is 3.19. The summed E-state index contributed by atoms with van der Waals surface area (Å²) in [6.45, 7) is 3.56. The van der Waals surface area contributed by atoms with Crippen molar-refractivity contribution < 1.29 is 0 Å². The third-order valence-electron chi connectivity index (χ3n) is 2.09. The van der Waals surface area contributed by atoms with E-state index in [0.717, 1.165) is 0 Å². The molecule has 2 rings (SSSR count). The molecule has 0 aliphatic heterocycles. The summed E-state index contributed by atoms with van der Waals surface area (Å²) in [5.41, 5.74) is 6.07. The smallest absolute Gasteiger partial charge is 0.253 e. The number of nitrogens with two attached hydrogens (primary N) is 1. The normalized spacial score (nSPS) is 11.4. The van der Waals surface area contributed by atoms with E-state index in [0.29, 0.717) is 17.6 Å². The quantitative estimate of drug-likeness (QED) is 0.856. The van der Waals surface area contributed by atoms with Crippen LogP contribution in [0.5, 0.6) is 0 Å².